The van der Waals surface area contributed by atoms with Crippen molar-refractivity contribution in [3.8, 4) is 5.75 Å². The summed E-state index contributed by atoms with van der Waals surface area (Å²) in [5, 5.41) is 0. The average molecular weight is 157 g/mol. The lowest BCUT2D eigenvalue weighted by Crippen LogP contribution is -1.92. The van der Waals surface area contributed by atoms with Crippen molar-refractivity contribution in [1.29, 1.82) is 0 Å². The molecule has 0 N–H and O–H groups in total. The molecular weight excluding hydrogens is 150 g/mol. The molecule has 0 unspecified atom stereocenters. The van der Waals surface area contributed by atoms with Crippen molar-refractivity contribution in [2.24, 2.45) is 0 Å². The second-order valence-electron chi connectivity index (χ2n) is 1.95. The van der Waals surface area contributed by atoms with Crippen molar-refractivity contribution in [1.82, 2.24) is 0 Å². The van der Waals surface area contributed by atoms with Gasteiger partial charge < -0.3 is 4.74 Å². The first-order valence-electron chi connectivity index (χ1n) is 3.10. The summed E-state index contributed by atoms with van der Waals surface area (Å²) < 4.78 is 29.6. The third-order valence-corrected chi connectivity index (χ3v) is 1.10. The van der Waals surface area contributed by atoms with Crippen LogP contribution in [0, 0.1) is 18.6 Å². The van der Waals surface area contributed by atoms with Crippen LogP contribution in [-0.4, -0.2) is 6.61 Å². The molecule has 1 radical (unpaired) electrons. The molecule has 0 amide bonds. The Morgan fingerprint density at radius 1 is 1.18 bits per heavy atom. The van der Waals surface area contributed by atoms with E-state index in [1.165, 1.54) is 0 Å². The maximum absolute atomic E-state index is 12.4. The largest absolute Gasteiger partial charge is 0.493 e. The lowest BCUT2D eigenvalue weighted by Gasteiger charge is -2.01. The minimum atomic E-state index is -0.645. The summed E-state index contributed by atoms with van der Waals surface area (Å²) in [6, 6.07) is 3.00. The van der Waals surface area contributed by atoms with Gasteiger partial charge in [0.05, 0.1) is 6.61 Å². The molecule has 1 aromatic carbocycles. The molecule has 0 heterocycles. The van der Waals surface area contributed by atoms with Crippen molar-refractivity contribution < 1.29 is 13.5 Å². The number of rotatable bonds is 2. The van der Waals surface area contributed by atoms with Crippen LogP contribution in [0.4, 0.5) is 8.78 Å². The average Bonchev–Trinajstić information content (AvgIpc) is 1.85. The normalized spacial score (nSPS) is 9.73. The van der Waals surface area contributed by atoms with E-state index in [1.807, 2.05) is 0 Å². The van der Waals surface area contributed by atoms with Crippen molar-refractivity contribution >= 4 is 0 Å². The minimum absolute atomic E-state index is 0.156. The van der Waals surface area contributed by atoms with Crippen LogP contribution in [-0.2, 0) is 0 Å². The highest BCUT2D eigenvalue weighted by Gasteiger charge is 1.99. The van der Waals surface area contributed by atoms with Crippen LogP contribution in [0.2, 0.25) is 0 Å². The van der Waals surface area contributed by atoms with E-state index < -0.39 is 11.6 Å². The Balaban J connectivity index is 2.89. The van der Waals surface area contributed by atoms with Crippen molar-refractivity contribution in [2.45, 2.75) is 0 Å². The second-order valence-corrected chi connectivity index (χ2v) is 1.95. The predicted octanol–water partition coefficient (Wildman–Crippen LogP) is 2.18. The SMILES string of the molecule is [CH2]COc1cc(F)cc(F)c1. The molecule has 1 nitrogen and oxygen atoms in total. The molecule has 0 saturated heterocycles. The molecule has 3 heteroatoms. The van der Waals surface area contributed by atoms with E-state index in [9.17, 15) is 8.78 Å². The van der Waals surface area contributed by atoms with Crippen molar-refractivity contribution in [3.05, 3.63) is 36.8 Å². The Bertz CT molecular complexity index is 228. The van der Waals surface area contributed by atoms with Gasteiger partial charge in [-0.2, -0.15) is 0 Å². The van der Waals surface area contributed by atoms with E-state index >= 15 is 0 Å². The van der Waals surface area contributed by atoms with Gasteiger partial charge in [-0.1, -0.05) is 0 Å². The van der Waals surface area contributed by atoms with Crippen molar-refractivity contribution in [3.63, 3.8) is 0 Å². The molecule has 0 bridgehead atoms. The zero-order valence-corrected chi connectivity index (χ0v) is 5.81. The molecule has 0 aliphatic heterocycles. The summed E-state index contributed by atoms with van der Waals surface area (Å²) in [6.45, 7) is 3.53. The van der Waals surface area contributed by atoms with Gasteiger partial charge in [0.15, 0.2) is 0 Å². The van der Waals surface area contributed by atoms with Gasteiger partial charge >= 0.3 is 0 Å². The summed E-state index contributed by atoms with van der Waals surface area (Å²) in [7, 11) is 0. The van der Waals surface area contributed by atoms with Crippen LogP contribution < -0.4 is 4.74 Å². The fourth-order valence-corrected chi connectivity index (χ4v) is 0.730. The van der Waals surface area contributed by atoms with E-state index in [4.69, 9.17) is 4.74 Å². The van der Waals surface area contributed by atoms with Crippen LogP contribution in [0.15, 0.2) is 18.2 Å². The first-order valence-corrected chi connectivity index (χ1v) is 3.10. The fraction of sp³-hybridized carbons (Fsp3) is 0.125. The number of ether oxygens (including phenoxy) is 1. The van der Waals surface area contributed by atoms with Gasteiger partial charge in [-0.15, -0.1) is 0 Å². The van der Waals surface area contributed by atoms with Gasteiger partial charge in [-0.25, -0.2) is 8.78 Å². The highest BCUT2D eigenvalue weighted by molar-refractivity contribution is 5.23. The smallest absolute Gasteiger partial charge is 0.129 e. The van der Waals surface area contributed by atoms with Gasteiger partial charge in [0.2, 0.25) is 0 Å². The van der Waals surface area contributed by atoms with Gasteiger partial charge in [0.1, 0.15) is 17.4 Å². The maximum Gasteiger partial charge on any atom is 0.129 e. The summed E-state index contributed by atoms with van der Waals surface area (Å²) in [5.74, 6) is -1.13. The molecule has 0 aliphatic carbocycles. The van der Waals surface area contributed by atoms with Gasteiger partial charge in [0, 0.05) is 18.2 Å². The van der Waals surface area contributed by atoms with E-state index in [2.05, 4.69) is 6.92 Å². The lowest BCUT2D eigenvalue weighted by atomic mass is 10.3. The highest BCUT2D eigenvalue weighted by atomic mass is 19.1. The van der Waals surface area contributed by atoms with Gasteiger partial charge in [-0.3, -0.25) is 0 Å². The third kappa shape index (κ3) is 2.18. The maximum atomic E-state index is 12.4. The quantitative estimate of drug-likeness (QED) is 0.639. The van der Waals surface area contributed by atoms with Gasteiger partial charge in [0.25, 0.3) is 0 Å². The highest BCUT2D eigenvalue weighted by Crippen LogP contribution is 2.14. The van der Waals surface area contributed by atoms with E-state index in [0.717, 1.165) is 18.2 Å². The monoisotopic (exact) mass is 157 g/mol. The second kappa shape index (κ2) is 3.32. The first-order chi connectivity index (χ1) is 5.22. The number of hydrogen-bond acceptors (Lipinski definition) is 1. The zero-order chi connectivity index (χ0) is 8.27. The summed E-state index contributed by atoms with van der Waals surface area (Å²) >= 11 is 0. The molecule has 0 aliphatic rings. The summed E-state index contributed by atoms with van der Waals surface area (Å²) in [4.78, 5) is 0. The first kappa shape index (κ1) is 7.98. The Kier molecular flexibility index (Phi) is 2.41. The number of hydrogen-bond donors (Lipinski definition) is 0. The van der Waals surface area contributed by atoms with Crippen LogP contribution in [0.1, 0.15) is 0 Å². The Labute approximate surface area is 63.6 Å². The number of benzene rings is 1. The summed E-state index contributed by atoms with van der Waals surface area (Å²) in [5.41, 5.74) is 0. The Morgan fingerprint density at radius 2 is 1.73 bits per heavy atom. The molecule has 0 spiro atoms. The molecule has 1 rings (SSSR count). The van der Waals surface area contributed by atoms with Crippen molar-refractivity contribution in [2.75, 3.05) is 6.61 Å². The molecule has 0 aromatic heterocycles. The summed E-state index contributed by atoms with van der Waals surface area (Å²) in [6.07, 6.45) is 0. The van der Waals surface area contributed by atoms with Crippen LogP contribution in [0.3, 0.4) is 0 Å². The topological polar surface area (TPSA) is 9.23 Å². The predicted molar refractivity (Wildman–Crippen MR) is 37.2 cm³/mol. The number of halogens is 2. The lowest BCUT2D eigenvalue weighted by molar-refractivity contribution is 0.356. The van der Waals surface area contributed by atoms with E-state index in [-0.39, 0.29) is 12.4 Å². The fourth-order valence-electron chi connectivity index (χ4n) is 0.730. The Morgan fingerprint density at radius 3 is 2.18 bits per heavy atom. The third-order valence-electron chi connectivity index (χ3n) is 1.10. The molecular formula is C8H7F2O. The van der Waals surface area contributed by atoms with Crippen LogP contribution in [0.5, 0.6) is 5.75 Å². The van der Waals surface area contributed by atoms with Gasteiger partial charge in [-0.05, 0) is 6.92 Å². The van der Waals surface area contributed by atoms with E-state index in [1.54, 1.807) is 0 Å². The minimum Gasteiger partial charge on any atom is -0.493 e. The standard InChI is InChI=1S/C8H7F2O/c1-2-11-8-4-6(9)3-7(10)5-8/h3-5H,1-2H2. The van der Waals surface area contributed by atoms with Crippen LogP contribution in [0.25, 0.3) is 0 Å². The molecule has 59 valence electrons. The Hall–Kier alpha value is -1.12. The molecule has 0 atom stereocenters. The molecule has 1 aromatic rings. The molecule has 0 saturated carbocycles. The van der Waals surface area contributed by atoms with E-state index in [0.29, 0.717) is 0 Å². The molecule has 11 heavy (non-hydrogen) atoms. The zero-order valence-electron chi connectivity index (χ0n) is 5.81. The van der Waals surface area contributed by atoms with Crippen LogP contribution >= 0.6 is 0 Å². The molecule has 0 fully saturated rings.